The van der Waals surface area contributed by atoms with Crippen molar-refractivity contribution in [3.8, 4) is 23.1 Å². The van der Waals surface area contributed by atoms with Crippen molar-refractivity contribution < 1.29 is 14.3 Å². The minimum Gasteiger partial charge on any atom is -0.506 e. The van der Waals surface area contributed by atoms with Crippen molar-refractivity contribution in [2.24, 2.45) is 5.92 Å². The van der Waals surface area contributed by atoms with E-state index in [1.165, 1.54) is 16.7 Å². The van der Waals surface area contributed by atoms with E-state index in [0.29, 0.717) is 37.3 Å². The maximum atomic E-state index is 15.7. The maximum absolute atomic E-state index is 15.7. The number of nitriles is 1. The van der Waals surface area contributed by atoms with Crippen LogP contribution in [0.25, 0.3) is 28.0 Å². The summed E-state index contributed by atoms with van der Waals surface area (Å²) in [6.07, 6.45) is 4.99. The van der Waals surface area contributed by atoms with Gasteiger partial charge in [0.2, 0.25) is 5.91 Å². The summed E-state index contributed by atoms with van der Waals surface area (Å²) in [7, 11) is 1.88. The summed E-state index contributed by atoms with van der Waals surface area (Å²) in [4.78, 5) is 37.0. The summed E-state index contributed by atoms with van der Waals surface area (Å²) in [5.41, 5.74) is 0.127. The third-order valence-electron chi connectivity index (χ3n) is 8.30. The van der Waals surface area contributed by atoms with Gasteiger partial charge in [-0.1, -0.05) is 66.8 Å². The SMILES string of the molecule is C=CC(=O)N1CCN(c2c(C#N)c(=O)n(C3=C(C)C=CN(C)[C@@H]3C(C)C)c3nc(-c4c(O)c(Cl)c(Cl)c(Cl)c4F)c(Cl)cc23)CC1. The van der Waals surface area contributed by atoms with Gasteiger partial charge in [0.25, 0.3) is 5.56 Å². The van der Waals surface area contributed by atoms with Crippen LogP contribution in [0.3, 0.4) is 0 Å². The molecule has 1 atom stereocenters. The molecular weight excluding hydrogens is 677 g/mol. The van der Waals surface area contributed by atoms with Gasteiger partial charge in [-0.05, 0) is 42.8 Å². The van der Waals surface area contributed by atoms with Crippen molar-refractivity contribution in [3.05, 3.63) is 78.4 Å². The van der Waals surface area contributed by atoms with Crippen LogP contribution in [0.5, 0.6) is 5.75 Å². The van der Waals surface area contributed by atoms with Crippen LogP contribution in [0.4, 0.5) is 10.1 Å². The lowest BCUT2D eigenvalue weighted by molar-refractivity contribution is -0.126. The highest BCUT2D eigenvalue weighted by Gasteiger charge is 2.34. The zero-order valence-corrected chi connectivity index (χ0v) is 28.4. The molecule has 0 saturated carbocycles. The topological polar surface area (TPSA) is 106 Å². The second kappa shape index (κ2) is 12.8. The molecule has 1 amide bonds. The highest BCUT2D eigenvalue weighted by molar-refractivity contribution is 6.49. The number of rotatable bonds is 5. The molecule has 240 valence electrons. The largest absolute Gasteiger partial charge is 0.506 e. The average Bonchev–Trinajstić information content (AvgIpc) is 3.03. The zero-order chi connectivity index (χ0) is 33.8. The summed E-state index contributed by atoms with van der Waals surface area (Å²) >= 11 is 25.2. The second-order valence-corrected chi connectivity index (χ2v) is 12.9. The molecule has 2 aliphatic rings. The van der Waals surface area contributed by atoms with E-state index in [9.17, 15) is 20.0 Å². The average molecular weight is 706 g/mol. The lowest BCUT2D eigenvalue weighted by atomic mass is 9.93. The number of fused-ring (bicyclic) bond motifs is 1. The Morgan fingerprint density at radius 3 is 2.41 bits per heavy atom. The van der Waals surface area contributed by atoms with Gasteiger partial charge < -0.3 is 19.8 Å². The van der Waals surface area contributed by atoms with E-state index in [2.05, 4.69) is 12.6 Å². The molecule has 1 saturated heterocycles. The number of amides is 1. The number of halogens is 5. The fraction of sp³-hybridized carbons (Fsp3) is 0.312. The first-order chi connectivity index (χ1) is 21.7. The van der Waals surface area contributed by atoms with Crippen molar-refractivity contribution in [1.82, 2.24) is 19.4 Å². The molecule has 14 heteroatoms. The number of aromatic hydroxyl groups is 1. The number of phenolic OH excluding ortho intramolecular Hbond substituents is 1. The highest BCUT2D eigenvalue weighted by atomic mass is 35.5. The van der Waals surface area contributed by atoms with E-state index >= 15 is 4.39 Å². The van der Waals surface area contributed by atoms with E-state index in [1.807, 2.05) is 49.9 Å². The number of pyridine rings is 2. The summed E-state index contributed by atoms with van der Waals surface area (Å²) < 4.78 is 17.1. The number of aromatic nitrogens is 2. The first-order valence-electron chi connectivity index (χ1n) is 14.3. The number of carbonyl (C=O) groups is 1. The lowest BCUT2D eigenvalue weighted by Crippen LogP contribution is -2.49. The van der Waals surface area contributed by atoms with E-state index < -0.39 is 32.7 Å². The van der Waals surface area contributed by atoms with Crippen LogP contribution in [0.15, 0.2) is 41.4 Å². The number of benzene rings is 1. The predicted octanol–water partition coefficient (Wildman–Crippen LogP) is 6.94. The number of hydrogen-bond acceptors (Lipinski definition) is 7. The molecule has 0 bridgehead atoms. The van der Waals surface area contributed by atoms with Crippen LogP contribution >= 0.6 is 46.4 Å². The van der Waals surface area contributed by atoms with E-state index in [1.54, 1.807) is 4.90 Å². The van der Waals surface area contributed by atoms with Crippen molar-refractivity contribution in [2.45, 2.75) is 26.8 Å². The second-order valence-electron chi connectivity index (χ2n) is 11.4. The Morgan fingerprint density at radius 1 is 1.17 bits per heavy atom. The summed E-state index contributed by atoms with van der Waals surface area (Å²) in [5.74, 6) is -2.06. The predicted molar refractivity (Wildman–Crippen MR) is 181 cm³/mol. The van der Waals surface area contributed by atoms with Crippen molar-refractivity contribution >= 4 is 74.7 Å². The Morgan fingerprint density at radius 2 is 1.83 bits per heavy atom. The number of hydrogen-bond donors (Lipinski definition) is 1. The van der Waals surface area contributed by atoms with Gasteiger partial charge in [0.1, 0.15) is 28.1 Å². The molecule has 1 aromatic carbocycles. The summed E-state index contributed by atoms with van der Waals surface area (Å²) in [5, 5.41) is 20.3. The van der Waals surface area contributed by atoms with Crippen molar-refractivity contribution in [3.63, 3.8) is 0 Å². The third kappa shape index (κ3) is 5.39. The molecule has 1 fully saturated rings. The number of phenols is 1. The molecule has 4 heterocycles. The quantitative estimate of drug-likeness (QED) is 0.174. The molecular formula is C32H29Cl4FN6O3. The van der Waals surface area contributed by atoms with Gasteiger partial charge in [-0.3, -0.25) is 14.2 Å². The third-order valence-corrected chi connectivity index (χ3v) is 9.89. The number of allylic oxidation sites excluding steroid dienone is 2. The molecule has 3 aromatic rings. The fourth-order valence-electron chi connectivity index (χ4n) is 6.14. The Labute approximate surface area is 284 Å². The number of anilines is 1. The van der Waals surface area contributed by atoms with Gasteiger partial charge >= 0.3 is 0 Å². The molecule has 0 unspecified atom stereocenters. The Kier molecular flexibility index (Phi) is 9.35. The Hall–Kier alpha value is -3.75. The van der Waals surface area contributed by atoms with Crippen LogP contribution < -0.4 is 10.5 Å². The highest BCUT2D eigenvalue weighted by Crippen LogP contribution is 2.48. The standard InChI is InChI=1S/C32H29Cl4FN6O3/c1-6-20(44)41-9-11-42(12-10-41)29-17-13-19(33)26(21-25(37)23(35)22(34)24(36)30(21)45)39-31(17)43(32(46)18(29)14-38)28-16(4)7-8-40(5)27(28)15(2)3/h6-8,13,15,27,45H,1,9-12H2,2-5H3/t27-/m1/s1. The van der Waals surface area contributed by atoms with E-state index in [0.717, 1.165) is 5.57 Å². The molecule has 0 radical (unpaired) electrons. The van der Waals surface area contributed by atoms with Crippen LogP contribution in [0, 0.1) is 23.1 Å². The molecule has 1 N–H and O–H groups in total. The van der Waals surface area contributed by atoms with Crippen LogP contribution in [-0.4, -0.2) is 69.6 Å². The minimum absolute atomic E-state index is 0.00433. The van der Waals surface area contributed by atoms with E-state index in [4.69, 9.17) is 51.4 Å². The number of nitrogens with zero attached hydrogens (tertiary/aromatic N) is 6. The van der Waals surface area contributed by atoms with Crippen molar-refractivity contribution in [2.75, 3.05) is 38.1 Å². The molecule has 46 heavy (non-hydrogen) atoms. The van der Waals surface area contributed by atoms with Gasteiger partial charge in [0.15, 0.2) is 5.82 Å². The minimum atomic E-state index is -1.11. The molecule has 9 nitrogen and oxygen atoms in total. The van der Waals surface area contributed by atoms with E-state index in [-0.39, 0.29) is 50.5 Å². The van der Waals surface area contributed by atoms with Gasteiger partial charge in [0.05, 0.1) is 43.8 Å². The molecule has 2 aliphatic heterocycles. The first kappa shape index (κ1) is 33.6. The normalized spacial score (nSPS) is 16.9. The summed E-state index contributed by atoms with van der Waals surface area (Å²) in [6.45, 7) is 10.6. The monoisotopic (exact) mass is 704 g/mol. The van der Waals surface area contributed by atoms with Crippen LogP contribution in [-0.2, 0) is 4.79 Å². The molecule has 0 spiro atoms. The van der Waals surface area contributed by atoms with Crippen molar-refractivity contribution in [1.29, 1.82) is 5.26 Å². The van der Waals surface area contributed by atoms with Gasteiger partial charge in [-0.2, -0.15) is 5.26 Å². The number of piperazine rings is 1. The first-order valence-corrected chi connectivity index (χ1v) is 15.8. The Balaban J connectivity index is 1.91. The summed E-state index contributed by atoms with van der Waals surface area (Å²) in [6, 6.07) is 3.27. The number of carbonyl (C=O) groups excluding carboxylic acids is 1. The van der Waals surface area contributed by atoms with Gasteiger partial charge in [0, 0.05) is 38.6 Å². The van der Waals surface area contributed by atoms with Gasteiger partial charge in [-0.25, -0.2) is 9.37 Å². The number of likely N-dealkylation sites (N-methyl/N-ethyl adjacent to an activating group) is 1. The van der Waals surface area contributed by atoms with Crippen LogP contribution in [0.1, 0.15) is 26.3 Å². The van der Waals surface area contributed by atoms with Gasteiger partial charge in [-0.15, -0.1) is 0 Å². The molecule has 2 aromatic heterocycles. The maximum Gasteiger partial charge on any atom is 0.276 e. The smallest absolute Gasteiger partial charge is 0.276 e. The Bertz CT molecular complexity index is 1950. The molecule has 5 rings (SSSR count). The lowest BCUT2D eigenvalue weighted by Gasteiger charge is -2.38. The van der Waals surface area contributed by atoms with Crippen LogP contribution in [0.2, 0.25) is 20.1 Å². The fourth-order valence-corrected chi connectivity index (χ4v) is 6.98. The zero-order valence-electron chi connectivity index (χ0n) is 25.3. The molecule has 0 aliphatic carbocycles.